The maximum atomic E-state index is 5.67. The molecule has 2 aromatic carbocycles. The van der Waals surface area contributed by atoms with Gasteiger partial charge >= 0.3 is 0 Å². The number of rotatable bonds is 3. The molecule has 0 radical (unpaired) electrons. The summed E-state index contributed by atoms with van der Waals surface area (Å²) in [5, 5.41) is 2.14. The highest BCUT2D eigenvalue weighted by molar-refractivity contribution is 5.96. The van der Waals surface area contributed by atoms with Crippen LogP contribution in [0.3, 0.4) is 0 Å². The summed E-state index contributed by atoms with van der Waals surface area (Å²) < 4.78 is 16.9. The molecule has 1 heterocycles. The first-order valence-electron chi connectivity index (χ1n) is 6.40. The monoisotopic (exact) mass is 258 g/mol. The van der Waals surface area contributed by atoms with E-state index < -0.39 is 0 Å². The molecule has 1 saturated heterocycles. The molecule has 0 spiro atoms. The maximum Gasteiger partial charge on any atom is 0.133 e. The molecule has 3 rings (SSSR count). The van der Waals surface area contributed by atoms with E-state index in [1.54, 1.807) is 14.2 Å². The first kappa shape index (κ1) is 12.3. The number of benzene rings is 2. The van der Waals surface area contributed by atoms with Crippen molar-refractivity contribution in [1.29, 1.82) is 0 Å². The van der Waals surface area contributed by atoms with E-state index in [2.05, 4.69) is 26.0 Å². The third-order valence-electron chi connectivity index (χ3n) is 3.87. The van der Waals surface area contributed by atoms with Crippen molar-refractivity contribution < 1.29 is 14.2 Å². The van der Waals surface area contributed by atoms with Gasteiger partial charge in [0.05, 0.1) is 20.8 Å². The lowest BCUT2D eigenvalue weighted by Crippen LogP contribution is -2.09. The predicted molar refractivity (Wildman–Crippen MR) is 75.1 cm³/mol. The van der Waals surface area contributed by atoms with Crippen LogP contribution in [0.4, 0.5) is 0 Å². The largest absolute Gasteiger partial charge is 0.496 e. The fourth-order valence-electron chi connectivity index (χ4n) is 2.86. The quantitative estimate of drug-likeness (QED) is 0.790. The van der Waals surface area contributed by atoms with Crippen LogP contribution in [0.25, 0.3) is 10.8 Å². The van der Waals surface area contributed by atoms with E-state index in [9.17, 15) is 0 Å². The number of ether oxygens (including phenoxy) is 3. The van der Waals surface area contributed by atoms with Gasteiger partial charge < -0.3 is 14.2 Å². The van der Waals surface area contributed by atoms with Gasteiger partial charge in [0, 0.05) is 21.9 Å². The van der Waals surface area contributed by atoms with Crippen molar-refractivity contribution in [3.63, 3.8) is 0 Å². The van der Waals surface area contributed by atoms with Crippen LogP contribution in [-0.2, 0) is 10.3 Å². The minimum Gasteiger partial charge on any atom is -0.496 e. The third-order valence-corrected chi connectivity index (χ3v) is 3.87. The molecule has 3 nitrogen and oxygen atoms in total. The highest BCUT2D eigenvalue weighted by Crippen LogP contribution is 2.50. The third kappa shape index (κ3) is 1.69. The fourth-order valence-corrected chi connectivity index (χ4v) is 2.86. The number of fused-ring (bicyclic) bond motifs is 1. The topological polar surface area (TPSA) is 31.0 Å². The Bertz CT molecular complexity index is 642. The van der Waals surface area contributed by atoms with E-state index in [1.165, 1.54) is 0 Å². The molecule has 0 amide bonds. The molecule has 2 aromatic rings. The molecule has 0 bridgehead atoms. The highest BCUT2D eigenvalue weighted by atomic mass is 16.6. The number of hydrogen-bond donors (Lipinski definition) is 0. The zero-order chi connectivity index (χ0) is 13.6. The van der Waals surface area contributed by atoms with Crippen molar-refractivity contribution in [2.75, 3.05) is 20.8 Å². The van der Waals surface area contributed by atoms with Gasteiger partial charge in [-0.05, 0) is 13.8 Å². The van der Waals surface area contributed by atoms with Gasteiger partial charge in [-0.2, -0.15) is 0 Å². The van der Waals surface area contributed by atoms with E-state index in [0.29, 0.717) is 0 Å². The number of epoxide rings is 1. The first-order valence-corrected chi connectivity index (χ1v) is 6.40. The van der Waals surface area contributed by atoms with Crippen LogP contribution in [0.2, 0.25) is 0 Å². The van der Waals surface area contributed by atoms with E-state index >= 15 is 0 Å². The summed E-state index contributed by atoms with van der Waals surface area (Å²) in [6.45, 7) is 4.88. The van der Waals surface area contributed by atoms with Crippen molar-refractivity contribution in [3.05, 3.63) is 35.4 Å². The fraction of sp³-hybridized carbons (Fsp3) is 0.375. The minimum atomic E-state index is -0.243. The lowest BCUT2D eigenvalue weighted by atomic mass is 9.91. The standard InChI is InChI=1S/C16H18O3/c1-10-13(16(2)9-19-16)15(18-4)12-8-6-5-7-11(12)14(10)17-3/h5-8H,9H2,1-4H3. The zero-order valence-corrected chi connectivity index (χ0v) is 11.7. The van der Waals surface area contributed by atoms with Gasteiger partial charge in [-0.1, -0.05) is 24.3 Å². The molecule has 1 fully saturated rings. The normalized spacial score (nSPS) is 21.5. The Labute approximate surface area is 113 Å². The molecule has 1 aliphatic heterocycles. The molecule has 0 aromatic heterocycles. The molecule has 0 N–H and O–H groups in total. The van der Waals surface area contributed by atoms with Crippen LogP contribution >= 0.6 is 0 Å². The highest BCUT2D eigenvalue weighted by Gasteiger charge is 2.45. The van der Waals surface area contributed by atoms with Crippen molar-refractivity contribution in [2.24, 2.45) is 0 Å². The average molecular weight is 258 g/mol. The Morgan fingerprint density at radius 2 is 1.58 bits per heavy atom. The van der Waals surface area contributed by atoms with Gasteiger partial charge in [0.1, 0.15) is 17.1 Å². The molecule has 19 heavy (non-hydrogen) atoms. The molecule has 3 heteroatoms. The Kier molecular flexibility index (Phi) is 2.68. The van der Waals surface area contributed by atoms with Gasteiger partial charge in [0.15, 0.2) is 0 Å². The smallest absolute Gasteiger partial charge is 0.133 e. The summed E-state index contributed by atoms with van der Waals surface area (Å²) in [4.78, 5) is 0. The number of hydrogen-bond acceptors (Lipinski definition) is 3. The van der Waals surface area contributed by atoms with E-state index in [-0.39, 0.29) is 5.60 Å². The molecule has 100 valence electrons. The van der Waals surface area contributed by atoms with Gasteiger partial charge in [-0.25, -0.2) is 0 Å². The van der Waals surface area contributed by atoms with Gasteiger partial charge in [0.2, 0.25) is 0 Å². The maximum absolute atomic E-state index is 5.67. The van der Waals surface area contributed by atoms with E-state index in [4.69, 9.17) is 14.2 Å². The summed E-state index contributed by atoms with van der Waals surface area (Å²) in [5.41, 5.74) is 1.95. The van der Waals surface area contributed by atoms with E-state index in [1.807, 2.05) is 12.1 Å². The SMILES string of the molecule is COc1c(C)c(C2(C)CO2)c(OC)c2ccccc12. The second kappa shape index (κ2) is 4.14. The van der Waals surface area contributed by atoms with Crippen LogP contribution in [-0.4, -0.2) is 20.8 Å². The van der Waals surface area contributed by atoms with Crippen LogP contribution in [0.1, 0.15) is 18.1 Å². The van der Waals surface area contributed by atoms with Crippen LogP contribution in [0.15, 0.2) is 24.3 Å². The molecule has 0 aliphatic carbocycles. The van der Waals surface area contributed by atoms with E-state index in [0.717, 1.165) is 40.0 Å². The minimum absolute atomic E-state index is 0.243. The Morgan fingerprint density at radius 3 is 2.05 bits per heavy atom. The zero-order valence-electron chi connectivity index (χ0n) is 11.7. The van der Waals surface area contributed by atoms with Gasteiger partial charge in [-0.15, -0.1) is 0 Å². The summed E-state index contributed by atoms with van der Waals surface area (Å²) in [7, 11) is 3.42. The lowest BCUT2D eigenvalue weighted by molar-refractivity contribution is 0.314. The van der Waals surface area contributed by atoms with Gasteiger partial charge in [0.25, 0.3) is 0 Å². The molecular weight excluding hydrogens is 240 g/mol. The molecular formula is C16H18O3. The molecule has 1 unspecified atom stereocenters. The first-order chi connectivity index (χ1) is 9.12. The Hall–Kier alpha value is -1.74. The molecule has 0 saturated carbocycles. The van der Waals surface area contributed by atoms with Crippen molar-refractivity contribution in [1.82, 2.24) is 0 Å². The molecule has 1 atom stereocenters. The Morgan fingerprint density at radius 1 is 1.05 bits per heavy atom. The summed E-state index contributed by atoms with van der Waals surface area (Å²) in [6, 6.07) is 8.15. The number of methoxy groups -OCH3 is 2. The average Bonchev–Trinajstić information content (AvgIpc) is 3.16. The summed E-state index contributed by atoms with van der Waals surface area (Å²) >= 11 is 0. The summed E-state index contributed by atoms with van der Waals surface area (Å²) in [5.74, 6) is 1.80. The Balaban J connectivity index is 2.44. The van der Waals surface area contributed by atoms with Gasteiger partial charge in [-0.3, -0.25) is 0 Å². The van der Waals surface area contributed by atoms with Crippen molar-refractivity contribution in [2.45, 2.75) is 19.4 Å². The van der Waals surface area contributed by atoms with Crippen LogP contribution < -0.4 is 9.47 Å². The second-order valence-corrected chi connectivity index (χ2v) is 5.13. The summed E-state index contributed by atoms with van der Waals surface area (Å²) in [6.07, 6.45) is 0. The van der Waals surface area contributed by atoms with Crippen molar-refractivity contribution >= 4 is 10.8 Å². The van der Waals surface area contributed by atoms with Crippen LogP contribution in [0.5, 0.6) is 11.5 Å². The lowest BCUT2D eigenvalue weighted by Gasteiger charge is -2.20. The van der Waals surface area contributed by atoms with Crippen LogP contribution in [0, 0.1) is 6.92 Å². The predicted octanol–water partition coefficient (Wildman–Crippen LogP) is 3.41. The molecule has 1 aliphatic rings. The second-order valence-electron chi connectivity index (χ2n) is 5.13. The van der Waals surface area contributed by atoms with Crippen molar-refractivity contribution in [3.8, 4) is 11.5 Å².